The topological polar surface area (TPSA) is 78.9 Å². The summed E-state index contributed by atoms with van der Waals surface area (Å²) in [6, 6.07) is 0. The molecule has 0 amide bonds. The van der Waals surface area contributed by atoms with Gasteiger partial charge in [-0.05, 0) is 116 Å². The van der Waals surface area contributed by atoms with Crippen LogP contribution in [0, 0.1) is 0 Å². The van der Waals surface area contributed by atoms with E-state index in [4.69, 9.17) is 14.2 Å². The summed E-state index contributed by atoms with van der Waals surface area (Å²) in [5.41, 5.74) is 0. The summed E-state index contributed by atoms with van der Waals surface area (Å²) in [5.74, 6) is -0.881. The maximum Gasteiger partial charge on any atom is 0.306 e. The van der Waals surface area contributed by atoms with Crippen LogP contribution in [0.5, 0.6) is 0 Å². The summed E-state index contributed by atoms with van der Waals surface area (Å²) in [5, 5.41) is 0. The van der Waals surface area contributed by atoms with E-state index in [2.05, 4.69) is 93.7 Å². The molecule has 0 radical (unpaired) electrons. The summed E-state index contributed by atoms with van der Waals surface area (Å²) in [4.78, 5) is 38.4. The van der Waals surface area contributed by atoms with E-state index in [9.17, 15) is 14.4 Å². The molecule has 1 atom stereocenters. The minimum Gasteiger partial charge on any atom is -0.462 e. The first-order chi connectivity index (χ1) is 41.0. The van der Waals surface area contributed by atoms with Gasteiger partial charge in [0.15, 0.2) is 6.10 Å². The zero-order valence-electron chi connectivity index (χ0n) is 55.5. The minimum atomic E-state index is -0.786. The van der Waals surface area contributed by atoms with Gasteiger partial charge in [-0.15, -0.1) is 0 Å². The number of hydrogen-bond donors (Lipinski definition) is 0. The van der Waals surface area contributed by atoms with Crippen LogP contribution < -0.4 is 0 Å². The van der Waals surface area contributed by atoms with Gasteiger partial charge in [-0.25, -0.2) is 0 Å². The molecule has 0 aromatic carbocycles. The van der Waals surface area contributed by atoms with Crippen molar-refractivity contribution in [2.24, 2.45) is 0 Å². The molecule has 0 N–H and O–H groups in total. The summed E-state index contributed by atoms with van der Waals surface area (Å²) in [7, 11) is 0. The number of carbonyl (C=O) groups excluding carboxylic acids is 3. The van der Waals surface area contributed by atoms with Crippen LogP contribution in [-0.2, 0) is 28.6 Å². The molecule has 0 bridgehead atoms. The molecule has 0 rings (SSSR count). The third kappa shape index (κ3) is 69.5. The number of unbranched alkanes of at least 4 members (excludes halogenated alkanes) is 44. The number of hydrogen-bond acceptors (Lipinski definition) is 6. The Hall–Kier alpha value is -3.15. The zero-order chi connectivity index (χ0) is 59.9. The molecule has 0 saturated heterocycles. The summed E-state index contributed by atoms with van der Waals surface area (Å²) >= 11 is 0. The molecule has 0 aromatic heterocycles. The lowest BCUT2D eigenvalue weighted by Crippen LogP contribution is -2.30. The Morgan fingerprint density at radius 2 is 0.434 bits per heavy atom. The number of allylic oxidation sites excluding steroid dienone is 12. The molecule has 1 unspecified atom stereocenters. The van der Waals surface area contributed by atoms with Crippen molar-refractivity contribution in [3.63, 3.8) is 0 Å². The highest BCUT2D eigenvalue weighted by atomic mass is 16.6. The Bertz CT molecular complexity index is 1520. The molecule has 0 spiro atoms. The highest BCUT2D eigenvalue weighted by Gasteiger charge is 2.19. The van der Waals surface area contributed by atoms with E-state index >= 15 is 0 Å². The largest absolute Gasteiger partial charge is 0.462 e. The van der Waals surface area contributed by atoms with Crippen molar-refractivity contribution in [3.8, 4) is 0 Å². The SMILES string of the molecule is CCCCC/C=C\C/C=C\CCCCCCCCCC(=O)OC(COC(=O)CCCCCCC/C=C\C/C=C\CCCCC)COC(=O)CCCCCCCCCCCCCCCCCCCCCCC/C=C\C/C=C\CCCCCCC. The molecule has 482 valence electrons. The van der Waals surface area contributed by atoms with Gasteiger partial charge >= 0.3 is 17.9 Å². The van der Waals surface area contributed by atoms with E-state index < -0.39 is 6.10 Å². The average molecular weight is 1160 g/mol. The number of esters is 3. The van der Waals surface area contributed by atoms with Crippen LogP contribution in [0.4, 0.5) is 0 Å². The van der Waals surface area contributed by atoms with Crippen LogP contribution in [0.3, 0.4) is 0 Å². The maximum absolute atomic E-state index is 12.9. The number of carbonyl (C=O) groups is 3. The fraction of sp³-hybridized carbons (Fsp3) is 0.805. The van der Waals surface area contributed by atoms with Crippen LogP contribution in [0.15, 0.2) is 72.9 Å². The second kappa shape index (κ2) is 71.3. The Morgan fingerprint density at radius 1 is 0.241 bits per heavy atom. The standard InChI is InChI=1S/C77H138O6/c1-4-7-10-13-16-19-22-25-28-30-31-32-33-34-35-36-37-38-39-40-41-42-43-44-45-47-49-52-55-58-61-64-67-70-76(79)82-73-74(72-81-75(78)69-66-63-60-57-54-51-48-27-24-21-18-15-12-9-6-3)83-77(80)71-68-65-62-59-56-53-50-46-29-26-23-20-17-14-11-8-5-2/h17-18,20-22,25-27,29-31,48,74H,4-16,19,23-24,28,32-47,49-73H2,1-3H3/b20-17-,21-18-,25-22-,29-26-,31-30-,48-27-. The highest BCUT2D eigenvalue weighted by molar-refractivity contribution is 5.71. The van der Waals surface area contributed by atoms with Gasteiger partial charge in [0, 0.05) is 19.3 Å². The Kier molecular flexibility index (Phi) is 68.6. The molecule has 6 nitrogen and oxygen atoms in total. The maximum atomic E-state index is 12.9. The van der Waals surface area contributed by atoms with Gasteiger partial charge in [0.25, 0.3) is 0 Å². The van der Waals surface area contributed by atoms with Crippen molar-refractivity contribution in [1.82, 2.24) is 0 Å². The lowest BCUT2D eigenvalue weighted by molar-refractivity contribution is -0.167. The predicted molar refractivity (Wildman–Crippen MR) is 362 cm³/mol. The molecule has 0 aliphatic heterocycles. The third-order valence-corrected chi connectivity index (χ3v) is 16.2. The third-order valence-electron chi connectivity index (χ3n) is 16.2. The predicted octanol–water partition coefficient (Wildman–Crippen LogP) is 25.2. The van der Waals surface area contributed by atoms with Gasteiger partial charge in [-0.1, -0.05) is 318 Å². The molecule has 83 heavy (non-hydrogen) atoms. The van der Waals surface area contributed by atoms with Crippen molar-refractivity contribution in [2.45, 2.75) is 386 Å². The van der Waals surface area contributed by atoms with E-state index in [1.54, 1.807) is 0 Å². The molecular weight excluding hydrogens is 1020 g/mol. The second-order valence-corrected chi connectivity index (χ2v) is 24.5. The highest BCUT2D eigenvalue weighted by Crippen LogP contribution is 2.18. The Balaban J connectivity index is 4.17. The lowest BCUT2D eigenvalue weighted by Gasteiger charge is -2.18. The minimum absolute atomic E-state index is 0.0796. The van der Waals surface area contributed by atoms with Crippen molar-refractivity contribution >= 4 is 17.9 Å². The van der Waals surface area contributed by atoms with Gasteiger partial charge in [-0.3, -0.25) is 14.4 Å². The second-order valence-electron chi connectivity index (χ2n) is 24.5. The van der Waals surface area contributed by atoms with Crippen LogP contribution in [0.25, 0.3) is 0 Å². The molecule has 0 aromatic rings. The van der Waals surface area contributed by atoms with E-state index in [1.165, 1.54) is 244 Å². The summed E-state index contributed by atoms with van der Waals surface area (Å²) in [6.07, 6.45) is 93.7. The van der Waals surface area contributed by atoms with Gasteiger partial charge in [-0.2, -0.15) is 0 Å². The molecule has 0 heterocycles. The first kappa shape index (κ1) is 79.8. The smallest absolute Gasteiger partial charge is 0.306 e. The van der Waals surface area contributed by atoms with Crippen LogP contribution in [-0.4, -0.2) is 37.2 Å². The molecule has 0 aliphatic rings. The number of rotatable bonds is 67. The molecule has 0 fully saturated rings. The average Bonchev–Trinajstić information content (AvgIpc) is 3.49. The lowest BCUT2D eigenvalue weighted by atomic mass is 10.0. The van der Waals surface area contributed by atoms with Crippen molar-refractivity contribution < 1.29 is 28.6 Å². The van der Waals surface area contributed by atoms with Gasteiger partial charge in [0.2, 0.25) is 0 Å². The zero-order valence-corrected chi connectivity index (χ0v) is 55.5. The summed E-state index contributed by atoms with van der Waals surface area (Å²) < 4.78 is 17.0. The van der Waals surface area contributed by atoms with Crippen LogP contribution in [0.1, 0.15) is 380 Å². The van der Waals surface area contributed by atoms with Crippen molar-refractivity contribution in [3.05, 3.63) is 72.9 Å². The first-order valence-corrected chi connectivity index (χ1v) is 36.4. The molecular formula is C77H138O6. The Morgan fingerprint density at radius 3 is 0.687 bits per heavy atom. The fourth-order valence-electron chi connectivity index (χ4n) is 10.7. The van der Waals surface area contributed by atoms with Crippen LogP contribution >= 0.6 is 0 Å². The fourth-order valence-corrected chi connectivity index (χ4v) is 10.7. The molecule has 0 saturated carbocycles. The quantitative estimate of drug-likeness (QED) is 0.0261. The van der Waals surface area contributed by atoms with E-state index in [0.717, 1.165) is 96.3 Å². The monoisotopic (exact) mass is 1160 g/mol. The van der Waals surface area contributed by atoms with E-state index in [0.29, 0.717) is 19.3 Å². The normalized spacial score (nSPS) is 12.5. The Labute approximate surface area is 516 Å². The number of ether oxygens (including phenoxy) is 3. The van der Waals surface area contributed by atoms with E-state index in [1.807, 2.05) is 0 Å². The van der Waals surface area contributed by atoms with Gasteiger partial charge in [0.1, 0.15) is 13.2 Å². The van der Waals surface area contributed by atoms with Crippen LogP contribution in [0.2, 0.25) is 0 Å². The van der Waals surface area contributed by atoms with Crippen molar-refractivity contribution in [1.29, 1.82) is 0 Å². The van der Waals surface area contributed by atoms with Gasteiger partial charge in [0.05, 0.1) is 0 Å². The summed E-state index contributed by atoms with van der Waals surface area (Å²) in [6.45, 7) is 6.61. The van der Waals surface area contributed by atoms with E-state index in [-0.39, 0.29) is 31.1 Å². The first-order valence-electron chi connectivity index (χ1n) is 36.4. The van der Waals surface area contributed by atoms with Gasteiger partial charge < -0.3 is 14.2 Å². The molecule has 0 aliphatic carbocycles. The molecule has 6 heteroatoms. The van der Waals surface area contributed by atoms with Crippen molar-refractivity contribution in [2.75, 3.05) is 13.2 Å².